The molecule has 0 bridgehead atoms. The Kier molecular flexibility index (Phi) is 4.63. The fourth-order valence-electron chi connectivity index (χ4n) is 1.73. The Morgan fingerprint density at radius 2 is 1.90 bits per heavy atom. The maximum absolute atomic E-state index is 6.00. The summed E-state index contributed by atoms with van der Waals surface area (Å²) in [4.78, 5) is 8.53. The van der Waals surface area contributed by atoms with Crippen molar-refractivity contribution < 1.29 is 14.2 Å². The first kappa shape index (κ1) is 14.4. The van der Waals surface area contributed by atoms with Crippen molar-refractivity contribution in [3.8, 4) is 28.8 Å². The molecule has 0 atom stereocenters. The third kappa shape index (κ3) is 3.11. The minimum Gasteiger partial charge on any atom is -0.497 e. The Labute approximate surface area is 122 Å². The molecule has 2 aromatic rings. The van der Waals surface area contributed by atoms with Gasteiger partial charge in [0.25, 0.3) is 0 Å². The molecule has 1 heterocycles. The van der Waals surface area contributed by atoms with Crippen LogP contribution in [0.2, 0.25) is 5.15 Å². The molecule has 20 heavy (non-hydrogen) atoms. The molecule has 106 valence electrons. The van der Waals surface area contributed by atoms with Crippen LogP contribution in [-0.2, 0) is 0 Å². The number of aromatic nitrogens is 2. The lowest BCUT2D eigenvalue weighted by molar-refractivity contribution is 0.326. The average Bonchev–Trinajstić information content (AvgIpc) is 2.46. The first-order chi connectivity index (χ1) is 9.67. The van der Waals surface area contributed by atoms with Crippen molar-refractivity contribution in [2.45, 2.75) is 6.92 Å². The Hall–Kier alpha value is -2.01. The van der Waals surface area contributed by atoms with Crippen molar-refractivity contribution in [1.29, 1.82) is 0 Å². The number of hydrogen-bond acceptors (Lipinski definition) is 5. The molecule has 0 saturated carbocycles. The smallest absolute Gasteiger partial charge is 0.218 e. The van der Waals surface area contributed by atoms with E-state index >= 15 is 0 Å². The first-order valence-electron chi connectivity index (χ1n) is 6.07. The number of methoxy groups -OCH3 is 2. The van der Waals surface area contributed by atoms with Crippen LogP contribution in [-0.4, -0.2) is 30.8 Å². The van der Waals surface area contributed by atoms with Gasteiger partial charge in [-0.15, -0.1) is 0 Å². The summed E-state index contributed by atoms with van der Waals surface area (Å²) in [6.07, 6.45) is 0. The van der Waals surface area contributed by atoms with Crippen molar-refractivity contribution in [3.63, 3.8) is 0 Å². The zero-order chi connectivity index (χ0) is 14.5. The van der Waals surface area contributed by atoms with E-state index in [-0.39, 0.29) is 0 Å². The number of benzene rings is 1. The van der Waals surface area contributed by atoms with Crippen LogP contribution in [0, 0.1) is 0 Å². The van der Waals surface area contributed by atoms with E-state index in [0.29, 0.717) is 40.5 Å². The molecule has 2 rings (SSSR count). The second kappa shape index (κ2) is 6.43. The van der Waals surface area contributed by atoms with Gasteiger partial charge in [-0.05, 0) is 25.1 Å². The molecule has 1 aromatic heterocycles. The molecule has 0 N–H and O–H groups in total. The lowest BCUT2D eigenvalue weighted by Crippen LogP contribution is -1.99. The van der Waals surface area contributed by atoms with Crippen LogP contribution in [0.4, 0.5) is 0 Å². The van der Waals surface area contributed by atoms with Crippen LogP contribution in [0.5, 0.6) is 17.4 Å². The molecule has 0 fully saturated rings. The van der Waals surface area contributed by atoms with Gasteiger partial charge in [-0.2, -0.15) is 4.98 Å². The van der Waals surface area contributed by atoms with E-state index < -0.39 is 0 Å². The number of nitrogens with zero attached hydrogens (tertiary/aromatic N) is 2. The standard InChI is InChI=1S/C14H15ClN2O3/c1-4-20-13-8-12(15)16-14(17-13)10-7-9(18-2)5-6-11(10)19-3/h5-8H,4H2,1-3H3. The molecular weight excluding hydrogens is 280 g/mol. The van der Waals surface area contributed by atoms with Crippen LogP contribution < -0.4 is 14.2 Å². The maximum Gasteiger partial charge on any atom is 0.218 e. The molecule has 5 nitrogen and oxygen atoms in total. The predicted octanol–water partition coefficient (Wildman–Crippen LogP) is 3.21. The van der Waals surface area contributed by atoms with Gasteiger partial charge in [-0.25, -0.2) is 4.98 Å². The van der Waals surface area contributed by atoms with E-state index in [2.05, 4.69) is 9.97 Å². The second-order valence-electron chi connectivity index (χ2n) is 3.85. The Morgan fingerprint density at radius 3 is 2.55 bits per heavy atom. The summed E-state index contributed by atoms with van der Waals surface area (Å²) in [6.45, 7) is 2.38. The number of ether oxygens (including phenoxy) is 3. The van der Waals surface area contributed by atoms with Crippen molar-refractivity contribution in [3.05, 3.63) is 29.4 Å². The van der Waals surface area contributed by atoms with E-state index in [0.717, 1.165) is 0 Å². The van der Waals surface area contributed by atoms with Crippen LogP contribution >= 0.6 is 11.6 Å². The minimum atomic E-state index is 0.309. The van der Waals surface area contributed by atoms with Gasteiger partial charge >= 0.3 is 0 Å². The molecule has 0 aliphatic carbocycles. The summed E-state index contributed by atoms with van der Waals surface area (Å²) in [5.41, 5.74) is 0.690. The summed E-state index contributed by atoms with van der Waals surface area (Å²) in [5, 5.41) is 0.309. The fourth-order valence-corrected chi connectivity index (χ4v) is 1.90. The molecule has 0 spiro atoms. The monoisotopic (exact) mass is 294 g/mol. The number of rotatable bonds is 5. The van der Waals surface area contributed by atoms with Gasteiger partial charge in [0.15, 0.2) is 5.82 Å². The molecule has 1 aromatic carbocycles. The maximum atomic E-state index is 6.00. The third-order valence-corrected chi connectivity index (χ3v) is 2.80. The summed E-state index contributed by atoms with van der Waals surface area (Å²) < 4.78 is 15.9. The molecular formula is C14H15ClN2O3. The van der Waals surface area contributed by atoms with Crippen LogP contribution in [0.3, 0.4) is 0 Å². The van der Waals surface area contributed by atoms with Crippen LogP contribution in [0.15, 0.2) is 24.3 Å². The van der Waals surface area contributed by atoms with Gasteiger partial charge in [0, 0.05) is 6.07 Å². The van der Waals surface area contributed by atoms with E-state index in [1.165, 1.54) is 0 Å². The summed E-state index contributed by atoms with van der Waals surface area (Å²) in [6, 6.07) is 6.95. The predicted molar refractivity (Wildman–Crippen MR) is 76.8 cm³/mol. The Bertz CT molecular complexity index is 605. The highest BCUT2D eigenvalue weighted by molar-refractivity contribution is 6.29. The van der Waals surface area contributed by atoms with Gasteiger partial charge in [0.05, 0.1) is 26.4 Å². The van der Waals surface area contributed by atoms with Crippen LogP contribution in [0.25, 0.3) is 11.4 Å². The zero-order valence-corrected chi connectivity index (χ0v) is 12.3. The van der Waals surface area contributed by atoms with E-state index in [9.17, 15) is 0 Å². The average molecular weight is 295 g/mol. The Morgan fingerprint density at radius 1 is 1.10 bits per heavy atom. The molecule has 0 aliphatic heterocycles. The van der Waals surface area contributed by atoms with E-state index in [1.54, 1.807) is 38.5 Å². The molecule has 0 saturated heterocycles. The second-order valence-corrected chi connectivity index (χ2v) is 4.24. The van der Waals surface area contributed by atoms with Crippen molar-refractivity contribution in [2.24, 2.45) is 0 Å². The highest BCUT2D eigenvalue weighted by Crippen LogP contribution is 2.32. The number of hydrogen-bond donors (Lipinski definition) is 0. The number of halogens is 1. The highest BCUT2D eigenvalue weighted by Gasteiger charge is 2.13. The van der Waals surface area contributed by atoms with E-state index in [1.807, 2.05) is 6.92 Å². The topological polar surface area (TPSA) is 53.5 Å². The van der Waals surface area contributed by atoms with E-state index in [4.69, 9.17) is 25.8 Å². The SMILES string of the molecule is CCOc1cc(Cl)nc(-c2cc(OC)ccc2OC)n1. The molecule has 0 aliphatic rings. The van der Waals surface area contributed by atoms with Crippen LogP contribution in [0.1, 0.15) is 6.92 Å². The van der Waals surface area contributed by atoms with Gasteiger partial charge < -0.3 is 14.2 Å². The fraction of sp³-hybridized carbons (Fsp3) is 0.286. The largest absolute Gasteiger partial charge is 0.497 e. The molecule has 0 amide bonds. The lowest BCUT2D eigenvalue weighted by Gasteiger charge is -2.10. The summed E-state index contributed by atoms with van der Waals surface area (Å²) in [7, 11) is 3.18. The quantitative estimate of drug-likeness (QED) is 0.793. The zero-order valence-electron chi connectivity index (χ0n) is 11.5. The Balaban J connectivity index is 2.54. The summed E-state index contributed by atoms with van der Waals surface area (Å²) >= 11 is 6.00. The van der Waals surface area contributed by atoms with Crippen molar-refractivity contribution in [2.75, 3.05) is 20.8 Å². The first-order valence-corrected chi connectivity index (χ1v) is 6.45. The van der Waals surface area contributed by atoms with Gasteiger partial charge in [0.1, 0.15) is 16.7 Å². The molecule has 0 radical (unpaired) electrons. The lowest BCUT2D eigenvalue weighted by atomic mass is 10.1. The van der Waals surface area contributed by atoms with Gasteiger partial charge in [-0.1, -0.05) is 11.6 Å². The normalized spacial score (nSPS) is 10.2. The molecule has 0 unspecified atom stereocenters. The molecule has 6 heteroatoms. The minimum absolute atomic E-state index is 0.309. The highest BCUT2D eigenvalue weighted by atomic mass is 35.5. The van der Waals surface area contributed by atoms with Gasteiger partial charge in [-0.3, -0.25) is 0 Å². The van der Waals surface area contributed by atoms with Crippen molar-refractivity contribution >= 4 is 11.6 Å². The summed E-state index contributed by atoms with van der Waals surface area (Å²) in [5.74, 6) is 2.17. The van der Waals surface area contributed by atoms with Crippen molar-refractivity contribution in [1.82, 2.24) is 9.97 Å². The van der Waals surface area contributed by atoms with Gasteiger partial charge in [0.2, 0.25) is 5.88 Å². The third-order valence-electron chi connectivity index (χ3n) is 2.61.